The predicted molar refractivity (Wildman–Crippen MR) is 132 cm³/mol. The van der Waals surface area contributed by atoms with Crippen molar-refractivity contribution in [2.24, 2.45) is 0 Å². The molecule has 2 aromatic carbocycles. The maximum Gasteiger partial charge on any atom is 0.263 e. The fourth-order valence-corrected chi connectivity index (χ4v) is 5.09. The summed E-state index contributed by atoms with van der Waals surface area (Å²) < 4.78 is 40.0. The number of H-pyrrole nitrogens is 1. The van der Waals surface area contributed by atoms with Crippen LogP contribution in [0.4, 0.5) is 5.69 Å². The van der Waals surface area contributed by atoms with Crippen LogP contribution in [0.2, 0.25) is 0 Å². The van der Waals surface area contributed by atoms with Crippen molar-refractivity contribution in [2.75, 3.05) is 31.0 Å². The summed E-state index contributed by atoms with van der Waals surface area (Å²) in [4.78, 5) is 9.02. The third-order valence-electron chi connectivity index (χ3n) is 5.63. The van der Waals surface area contributed by atoms with E-state index in [1.54, 1.807) is 43.5 Å². The number of nitrogens with zero attached hydrogens (tertiary/aromatic N) is 4. The van der Waals surface area contributed by atoms with Crippen molar-refractivity contribution < 1.29 is 17.9 Å². The maximum atomic E-state index is 12.9. The van der Waals surface area contributed by atoms with Gasteiger partial charge in [-0.15, -0.1) is 0 Å². The summed E-state index contributed by atoms with van der Waals surface area (Å²) in [6, 6.07) is 13.2. The Hall–Kier alpha value is -4.05. The number of nitriles is 1. The van der Waals surface area contributed by atoms with Crippen molar-refractivity contribution in [3.05, 3.63) is 59.8 Å². The van der Waals surface area contributed by atoms with E-state index in [0.29, 0.717) is 53.7 Å². The third kappa shape index (κ3) is 4.99. The summed E-state index contributed by atoms with van der Waals surface area (Å²) in [6.45, 7) is 4.23. The van der Waals surface area contributed by atoms with E-state index >= 15 is 0 Å². The molecule has 0 amide bonds. The van der Waals surface area contributed by atoms with Crippen molar-refractivity contribution in [3.8, 4) is 23.3 Å². The molecule has 1 saturated heterocycles. The van der Waals surface area contributed by atoms with Gasteiger partial charge in [-0.05, 0) is 48.9 Å². The molecule has 0 radical (unpaired) electrons. The van der Waals surface area contributed by atoms with Crippen LogP contribution in [0, 0.1) is 18.3 Å². The fourth-order valence-electron chi connectivity index (χ4n) is 3.79. The van der Waals surface area contributed by atoms with Crippen LogP contribution >= 0.6 is 0 Å². The van der Waals surface area contributed by atoms with Crippen molar-refractivity contribution in [3.63, 3.8) is 0 Å². The standard InChI is InChI=1S/C24H23N7O4S/c1-15-2-3-17(11-25)21(10-15)36(32,33)31-18-6-4-16(5-7-18)22-28-23-20(13-27-30-23)24(29-22)35-14-19-12-26-8-9-34-19/h2-7,10,13,19,26,31H,8-9,12,14H2,1H3,(H,27,28,29,30). The molecule has 1 aliphatic rings. The van der Waals surface area contributed by atoms with Crippen LogP contribution in [-0.2, 0) is 14.8 Å². The second-order valence-corrected chi connectivity index (χ2v) is 9.94. The molecule has 0 aliphatic carbocycles. The van der Waals surface area contributed by atoms with Crippen molar-refractivity contribution in [1.29, 1.82) is 5.26 Å². The lowest BCUT2D eigenvalue weighted by molar-refractivity contribution is -0.000382. The number of aromatic amines is 1. The normalized spacial score (nSPS) is 15.9. The Kier molecular flexibility index (Phi) is 6.51. The fraction of sp³-hybridized carbons (Fsp3) is 0.250. The first-order valence-corrected chi connectivity index (χ1v) is 12.7. The Morgan fingerprint density at radius 1 is 1.22 bits per heavy atom. The van der Waals surface area contributed by atoms with Gasteiger partial charge in [0, 0.05) is 24.3 Å². The molecule has 2 aromatic heterocycles. The van der Waals surface area contributed by atoms with E-state index in [1.807, 2.05) is 6.07 Å². The number of rotatable bonds is 7. The van der Waals surface area contributed by atoms with Gasteiger partial charge in [-0.25, -0.2) is 13.4 Å². The van der Waals surface area contributed by atoms with Crippen molar-refractivity contribution in [2.45, 2.75) is 17.9 Å². The molecule has 184 valence electrons. The zero-order valence-electron chi connectivity index (χ0n) is 19.4. The SMILES string of the molecule is Cc1ccc(C#N)c(S(=O)(=O)Nc2ccc(-c3nc(OCC4CNCCO4)c4cn[nH]c4n3)cc2)c1. The summed E-state index contributed by atoms with van der Waals surface area (Å²) in [5, 5.41) is 20.1. The second kappa shape index (κ2) is 9.90. The first kappa shape index (κ1) is 23.7. The summed E-state index contributed by atoms with van der Waals surface area (Å²) in [5.74, 6) is 0.774. The molecule has 0 bridgehead atoms. The van der Waals surface area contributed by atoms with Crippen LogP contribution in [0.5, 0.6) is 5.88 Å². The van der Waals surface area contributed by atoms with Gasteiger partial charge in [0.2, 0.25) is 5.88 Å². The number of aromatic nitrogens is 4. The molecule has 4 aromatic rings. The van der Waals surface area contributed by atoms with E-state index in [-0.39, 0.29) is 16.6 Å². The molecule has 11 nitrogen and oxygen atoms in total. The molecule has 3 N–H and O–H groups in total. The monoisotopic (exact) mass is 505 g/mol. The third-order valence-corrected chi connectivity index (χ3v) is 7.05. The van der Waals surface area contributed by atoms with Crippen LogP contribution in [0.15, 0.2) is 53.6 Å². The summed E-state index contributed by atoms with van der Waals surface area (Å²) in [7, 11) is -3.96. The Morgan fingerprint density at radius 2 is 2.06 bits per heavy atom. The number of anilines is 1. The summed E-state index contributed by atoms with van der Waals surface area (Å²) in [6.07, 6.45) is 1.52. The molecule has 12 heteroatoms. The van der Waals surface area contributed by atoms with Crippen LogP contribution in [0.25, 0.3) is 22.4 Å². The van der Waals surface area contributed by atoms with Gasteiger partial charge in [-0.1, -0.05) is 6.07 Å². The Morgan fingerprint density at radius 3 is 2.81 bits per heavy atom. The number of benzene rings is 2. The Bertz CT molecular complexity index is 1540. The van der Waals surface area contributed by atoms with E-state index in [1.165, 1.54) is 12.1 Å². The highest BCUT2D eigenvalue weighted by Crippen LogP contribution is 2.27. The lowest BCUT2D eigenvalue weighted by Crippen LogP contribution is -2.41. The molecular weight excluding hydrogens is 482 g/mol. The van der Waals surface area contributed by atoms with Crippen LogP contribution < -0.4 is 14.8 Å². The highest BCUT2D eigenvalue weighted by Gasteiger charge is 2.20. The van der Waals surface area contributed by atoms with Gasteiger partial charge in [0.15, 0.2) is 11.5 Å². The first-order valence-electron chi connectivity index (χ1n) is 11.2. The van der Waals surface area contributed by atoms with E-state index in [9.17, 15) is 13.7 Å². The molecule has 5 rings (SSSR count). The van der Waals surface area contributed by atoms with Gasteiger partial charge >= 0.3 is 0 Å². The summed E-state index contributed by atoms with van der Waals surface area (Å²) >= 11 is 0. The van der Waals surface area contributed by atoms with Crippen LogP contribution in [0.1, 0.15) is 11.1 Å². The number of morpholine rings is 1. The van der Waals surface area contributed by atoms with E-state index in [4.69, 9.17) is 9.47 Å². The molecule has 1 fully saturated rings. The maximum absolute atomic E-state index is 12.9. The molecule has 1 aliphatic heterocycles. The second-order valence-electron chi connectivity index (χ2n) is 8.29. The number of hydrogen-bond acceptors (Lipinski definition) is 9. The number of nitrogens with one attached hydrogen (secondary N) is 3. The lowest BCUT2D eigenvalue weighted by Gasteiger charge is -2.23. The van der Waals surface area contributed by atoms with E-state index < -0.39 is 10.0 Å². The number of fused-ring (bicyclic) bond motifs is 1. The minimum Gasteiger partial charge on any atom is -0.474 e. The average molecular weight is 506 g/mol. The molecule has 1 unspecified atom stereocenters. The number of aryl methyl sites for hydroxylation is 1. The first-order chi connectivity index (χ1) is 17.4. The lowest BCUT2D eigenvalue weighted by atomic mass is 10.2. The van der Waals surface area contributed by atoms with Crippen molar-refractivity contribution in [1.82, 2.24) is 25.5 Å². The molecule has 1 atom stereocenters. The molecule has 0 spiro atoms. The van der Waals surface area contributed by atoms with Crippen molar-refractivity contribution >= 4 is 26.7 Å². The predicted octanol–water partition coefficient (Wildman–Crippen LogP) is 2.37. The van der Waals surface area contributed by atoms with Gasteiger partial charge in [-0.3, -0.25) is 9.82 Å². The topological polar surface area (TPSA) is 155 Å². The molecule has 3 heterocycles. The zero-order chi connectivity index (χ0) is 25.1. The van der Waals surface area contributed by atoms with Gasteiger partial charge in [0.05, 0.1) is 18.4 Å². The van der Waals surface area contributed by atoms with Crippen LogP contribution in [0.3, 0.4) is 0 Å². The van der Waals surface area contributed by atoms with Gasteiger partial charge < -0.3 is 14.8 Å². The number of sulfonamides is 1. The highest BCUT2D eigenvalue weighted by molar-refractivity contribution is 7.92. The van der Waals surface area contributed by atoms with Gasteiger partial charge in [0.25, 0.3) is 10.0 Å². The smallest absolute Gasteiger partial charge is 0.263 e. The molecular formula is C24H23N7O4S. The quantitative estimate of drug-likeness (QED) is 0.343. The van der Waals surface area contributed by atoms with Gasteiger partial charge in [0.1, 0.15) is 29.1 Å². The minimum atomic E-state index is -3.96. The van der Waals surface area contributed by atoms with E-state index in [0.717, 1.165) is 12.1 Å². The Balaban J connectivity index is 1.38. The molecule has 36 heavy (non-hydrogen) atoms. The minimum absolute atomic E-state index is 0.0685. The van der Waals surface area contributed by atoms with Gasteiger partial charge in [-0.2, -0.15) is 15.3 Å². The Labute approximate surface area is 207 Å². The highest BCUT2D eigenvalue weighted by atomic mass is 32.2. The largest absolute Gasteiger partial charge is 0.474 e. The number of hydrogen-bond donors (Lipinski definition) is 3. The van der Waals surface area contributed by atoms with E-state index in [2.05, 4.69) is 30.2 Å². The molecule has 0 saturated carbocycles. The average Bonchev–Trinajstić information content (AvgIpc) is 3.37. The number of ether oxygens (including phenoxy) is 2. The zero-order valence-corrected chi connectivity index (χ0v) is 20.2. The summed E-state index contributed by atoms with van der Waals surface area (Å²) in [5.41, 5.74) is 2.33. The van der Waals surface area contributed by atoms with Crippen LogP contribution in [-0.4, -0.2) is 61.0 Å².